The minimum absolute atomic E-state index is 0.169. The van der Waals surface area contributed by atoms with Crippen molar-refractivity contribution in [2.45, 2.75) is 20.0 Å². The fourth-order valence-corrected chi connectivity index (χ4v) is 3.21. The largest absolute Gasteiger partial charge is 0.346 e. The van der Waals surface area contributed by atoms with Crippen LogP contribution in [0.3, 0.4) is 0 Å². The first-order valence-corrected chi connectivity index (χ1v) is 9.34. The molecule has 0 aliphatic rings. The fraction of sp³-hybridized carbons (Fsp3) is 0.130. The lowest BCUT2D eigenvalue weighted by molar-refractivity contribution is 0.0949. The van der Waals surface area contributed by atoms with Crippen LogP contribution in [0.15, 0.2) is 77.9 Å². The average Bonchev–Trinajstić information content (AvgIpc) is 2.75. The van der Waals surface area contributed by atoms with Crippen molar-refractivity contribution in [3.8, 4) is 0 Å². The molecule has 6 heteroatoms. The van der Waals surface area contributed by atoms with Crippen molar-refractivity contribution >= 4 is 16.8 Å². The van der Waals surface area contributed by atoms with E-state index in [1.54, 1.807) is 30.0 Å². The Morgan fingerprint density at radius 2 is 1.86 bits per heavy atom. The number of nitrogens with zero attached hydrogens (tertiary/aromatic N) is 3. The Morgan fingerprint density at radius 3 is 2.62 bits per heavy atom. The zero-order chi connectivity index (χ0) is 20.2. The normalized spacial score (nSPS) is 10.8. The van der Waals surface area contributed by atoms with E-state index >= 15 is 0 Å². The van der Waals surface area contributed by atoms with Crippen molar-refractivity contribution in [2.75, 3.05) is 0 Å². The number of carbonyl (C=O) groups is 1. The number of carbonyl (C=O) groups excluding carboxylic acids is 1. The topological polar surface area (TPSA) is 76.9 Å². The molecule has 0 fully saturated rings. The second-order valence-electron chi connectivity index (χ2n) is 6.79. The number of pyridine rings is 3. The predicted octanol–water partition coefficient (Wildman–Crippen LogP) is 3.08. The smallest absolute Gasteiger partial charge is 0.260 e. The van der Waals surface area contributed by atoms with Crippen LogP contribution in [0.5, 0.6) is 0 Å². The molecular weight excluding hydrogens is 364 g/mol. The number of aryl methyl sites for hydroxylation is 1. The van der Waals surface area contributed by atoms with E-state index < -0.39 is 0 Å². The van der Waals surface area contributed by atoms with E-state index in [0.29, 0.717) is 35.2 Å². The Kier molecular flexibility index (Phi) is 5.16. The van der Waals surface area contributed by atoms with Gasteiger partial charge in [0.15, 0.2) is 0 Å². The summed E-state index contributed by atoms with van der Waals surface area (Å²) >= 11 is 0. The first-order valence-electron chi connectivity index (χ1n) is 9.34. The number of nitrogens with one attached hydrogen (secondary N) is 1. The van der Waals surface area contributed by atoms with Crippen LogP contribution in [0.25, 0.3) is 10.9 Å². The molecule has 0 aliphatic carbocycles. The first kappa shape index (κ1) is 18.6. The summed E-state index contributed by atoms with van der Waals surface area (Å²) in [4.78, 5) is 34.3. The number of hydrogen-bond donors (Lipinski definition) is 1. The van der Waals surface area contributed by atoms with E-state index in [4.69, 9.17) is 0 Å². The van der Waals surface area contributed by atoms with Crippen LogP contribution in [-0.4, -0.2) is 20.4 Å². The van der Waals surface area contributed by atoms with Gasteiger partial charge in [-0.15, -0.1) is 0 Å². The fourth-order valence-electron chi connectivity index (χ4n) is 3.21. The SMILES string of the molecule is Cc1nc2ccn(Cc3ccccc3)c(=O)c2cc1C(=O)NCc1ccccn1. The summed E-state index contributed by atoms with van der Waals surface area (Å²) in [6, 6.07) is 18.7. The molecule has 4 aromatic rings. The summed E-state index contributed by atoms with van der Waals surface area (Å²) in [6.45, 7) is 2.54. The molecule has 4 rings (SSSR count). The van der Waals surface area contributed by atoms with Crippen LogP contribution in [-0.2, 0) is 13.1 Å². The summed E-state index contributed by atoms with van der Waals surface area (Å²) in [5.41, 5.74) is 3.18. The standard InChI is InChI=1S/C23H20N4O2/c1-16-19(22(28)25-14-18-9-5-6-11-24-18)13-20-21(26-16)10-12-27(23(20)29)15-17-7-3-2-4-8-17/h2-13H,14-15H2,1H3,(H,25,28). The van der Waals surface area contributed by atoms with Crippen LogP contribution in [0.4, 0.5) is 0 Å². The zero-order valence-electron chi connectivity index (χ0n) is 16.0. The van der Waals surface area contributed by atoms with Crippen molar-refractivity contribution in [2.24, 2.45) is 0 Å². The molecule has 0 unspecified atom stereocenters. The summed E-state index contributed by atoms with van der Waals surface area (Å²) in [7, 11) is 0. The highest BCUT2D eigenvalue weighted by atomic mass is 16.1. The Morgan fingerprint density at radius 1 is 1.07 bits per heavy atom. The van der Waals surface area contributed by atoms with Crippen molar-refractivity contribution < 1.29 is 4.79 Å². The molecule has 29 heavy (non-hydrogen) atoms. The first-order chi connectivity index (χ1) is 14.1. The third kappa shape index (κ3) is 4.06. The molecule has 0 atom stereocenters. The number of aromatic nitrogens is 3. The van der Waals surface area contributed by atoms with Gasteiger partial charge in [-0.2, -0.15) is 0 Å². The molecule has 0 bridgehead atoms. The van der Waals surface area contributed by atoms with E-state index in [0.717, 1.165) is 11.3 Å². The lowest BCUT2D eigenvalue weighted by Crippen LogP contribution is -2.26. The van der Waals surface area contributed by atoms with Crippen LogP contribution in [0.2, 0.25) is 0 Å². The second kappa shape index (κ2) is 8.06. The Bertz CT molecular complexity index is 1220. The minimum Gasteiger partial charge on any atom is -0.346 e. The zero-order valence-corrected chi connectivity index (χ0v) is 16.0. The van der Waals surface area contributed by atoms with Crippen molar-refractivity contribution in [3.63, 3.8) is 0 Å². The quantitative estimate of drug-likeness (QED) is 0.574. The Hall–Kier alpha value is -3.80. The van der Waals surface area contributed by atoms with Crippen LogP contribution in [0.1, 0.15) is 27.3 Å². The minimum atomic E-state index is -0.277. The molecule has 0 saturated heterocycles. The number of benzene rings is 1. The summed E-state index contributed by atoms with van der Waals surface area (Å²) in [5.74, 6) is -0.277. The molecule has 1 amide bonds. The van der Waals surface area contributed by atoms with Gasteiger partial charge in [0.25, 0.3) is 11.5 Å². The third-order valence-corrected chi connectivity index (χ3v) is 4.74. The van der Waals surface area contributed by atoms with Gasteiger partial charge >= 0.3 is 0 Å². The number of fused-ring (bicyclic) bond motifs is 1. The molecule has 144 valence electrons. The predicted molar refractivity (Wildman–Crippen MR) is 112 cm³/mol. The average molecular weight is 384 g/mol. The summed E-state index contributed by atoms with van der Waals surface area (Å²) in [6.07, 6.45) is 3.42. The maximum Gasteiger partial charge on any atom is 0.260 e. The second-order valence-corrected chi connectivity index (χ2v) is 6.79. The number of hydrogen-bond acceptors (Lipinski definition) is 4. The van der Waals surface area contributed by atoms with Gasteiger partial charge in [0.2, 0.25) is 0 Å². The van der Waals surface area contributed by atoms with Gasteiger partial charge in [0.05, 0.1) is 40.9 Å². The highest BCUT2D eigenvalue weighted by Crippen LogP contribution is 2.14. The molecular formula is C23H20N4O2. The molecule has 1 N–H and O–H groups in total. The van der Waals surface area contributed by atoms with Gasteiger partial charge in [-0.25, -0.2) is 0 Å². The molecule has 0 aliphatic heterocycles. The molecule has 6 nitrogen and oxygen atoms in total. The Labute approximate surface area is 167 Å². The highest BCUT2D eigenvalue weighted by molar-refractivity contribution is 5.98. The summed E-state index contributed by atoms with van der Waals surface area (Å²) < 4.78 is 1.63. The van der Waals surface area contributed by atoms with Crippen molar-refractivity contribution in [1.29, 1.82) is 0 Å². The van der Waals surface area contributed by atoms with Crippen LogP contribution in [0, 0.1) is 6.92 Å². The van der Waals surface area contributed by atoms with Crippen LogP contribution < -0.4 is 10.9 Å². The lowest BCUT2D eigenvalue weighted by atomic mass is 10.1. The highest BCUT2D eigenvalue weighted by Gasteiger charge is 2.14. The van der Waals surface area contributed by atoms with Gasteiger partial charge in [0.1, 0.15) is 0 Å². The van der Waals surface area contributed by atoms with Gasteiger partial charge in [-0.05, 0) is 36.8 Å². The van der Waals surface area contributed by atoms with Crippen molar-refractivity contribution in [1.82, 2.24) is 19.9 Å². The van der Waals surface area contributed by atoms with E-state index in [1.807, 2.05) is 54.6 Å². The molecule has 1 aromatic carbocycles. The lowest BCUT2D eigenvalue weighted by Gasteiger charge is -2.11. The summed E-state index contributed by atoms with van der Waals surface area (Å²) in [5, 5.41) is 3.27. The number of amides is 1. The molecule has 0 radical (unpaired) electrons. The van der Waals surface area contributed by atoms with E-state index in [-0.39, 0.29) is 11.5 Å². The number of rotatable bonds is 5. The molecule has 0 saturated carbocycles. The molecule has 3 aromatic heterocycles. The Balaban J connectivity index is 1.64. The maximum atomic E-state index is 13.0. The van der Waals surface area contributed by atoms with Gasteiger partial charge in [-0.3, -0.25) is 19.6 Å². The van der Waals surface area contributed by atoms with Gasteiger partial charge in [0, 0.05) is 12.4 Å². The molecule has 0 spiro atoms. The monoisotopic (exact) mass is 384 g/mol. The van der Waals surface area contributed by atoms with Gasteiger partial charge in [-0.1, -0.05) is 36.4 Å². The maximum absolute atomic E-state index is 13.0. The van der Waals surface area contributed by atoms with Gasteiger partial charge < -0.3 is 9.88 Å². The molecule has 3 heterocycles. The van der Waals surface area contributed by atoms with E-state index in [2.05, 4.69) is 15.3 Å². The van der Waals surface area contributed by atoms with E-state index in [9.17, 15) is 9.59 Å². The van der Waals surface area contributed by atoms with Crippen molar-refractivity contribution in [3.05, 3.63) is 106 Å². The third-order valence-electron chi connectivity index (χ3n) is 4.74. The van der Waals surface area contributed by atoms with E-state index in [1.165, 1.54) is 0 Å². The van der Waals surface area contributed by atoms with Crippen LogP contribution >= 0.6 is 0 Å².